The summed E-state index contributed by atoms with van der Waals surface area (Å²) in [6.07, 6.45) is 0. The molecule has 5 aromatic carbocycles. The van der Waals surface area contributed by atoms with Gasteiger partial charge in [-0.25, -0.2) is 0 Å². The van der Waals surface area contributed by atoms with E-state index in [1.54, 1.807) is 0 Å². The quantitative estimate of drug-likeness (QED) is 0.263. The highest BCUT2D eigenvalue weighted by atomic mass is 15.1. The first-order valence-electron chi connectivity index (χ1n) is 12.3. The van der Waals surface area contributed by atoms with Gasteiger partial charge in [-0.15, -0.1) is 0 Å². The van der Waals surface area contributed by atoms with Gasteiger partial charge in [0, 0.05) is 23.8 Å². The minimum atomic E-state index is 0.00772. The van der Waals surface area contributed by atoms with Crippen molar-refractivity contribution in [2.24, 2.45) is 0 Å². The van der Waals surface area contributed by atoms with Gasteiger partial charge in [-0.1, -0.05) is 111 Å². The summed E-state index contributed by atoms with van der Waals surface area (Å²) in [6.45, 7) is 4.67. The van der Waals surface area contributed by atoms with E-state index >= 15 is 0 Å². The summed E-state index contributed by atoms with van der Waals surface area (Å²) in [7, 11) is 2.16. The summed E-state index contributed by atoms with van der Waals surface area (Å²) in [5, 5.41) is 0. The Kier molecular flexibility index (Phi) is 5.07. The average Bonchev–Trinajstić information content (AvgIpc) is 3.15. The van der Waals surface area contributed by atoms with Crippen LogP contribution in [0.25, 0.3) is 33.4 Å². The molecule has 0 heterocycles. The Morgan fingerprint density at radius 1 is 0.457 bits per heavy atom. The van der Waals surface area contributed by atoms with Crippen molar-refractivity contribution in [2.75, 3.05) is 11.9 Å². The predicted octanol–water partition coefficient (Wildman–Crippen LogP) is 9.09. The highest BCUT2D eigenvalue weighted by molar-refractivity contribution is 5.85. The monoisotopic (exact) mass is 451 g/mol. The van der Waals surface area contributed by atoms with E-state index in [1.165, 1.54) is 55.9 Å². The van der Waals surface area contributed by atoms with Gasteiger partial charge in [0.2, 0.25) is 0 Å². The van der Waals surface area contributed by atoms with E-state index in [2.05, 4.69) is 147 Å². The highest BCUT2D eigenvalue weighted by Crippen LogP contribution is 2.49. The van der Waals surface area contributed by atoms with Crippen molar-refractivity contribution >= 4 is 11.4 Å². The van der Waals surface area contributed by atoms with Crippen LogP contribution in [-0.4, -0.2) is 7.05 Å². The third-order valence-corrected chi connectivity index (χ3v) is 7.53. The normalized spacial score (nSPS) is 13.2. The van der Waals surface area contributed by atoms with Gasteiger partial charge in [0.15, 0.2) is 0 Å². The summed E-state index contributed by atoms with van der Waals surface area (Å²) >= 11 is 0. The summed E-state index contributed by atoms with van der Waals surface area (Å²) in [5.74, 6) is 0. The molecule has 0 saturated carbocycles. The second-order valence-corrected chi connectivity index (χ2v) is 9.92. The maximum absolute atomic E-state index is 2.37. The van der Waals surface area contributed by atoms with E-state index in [0.717, 1.165) is 0 Å². The van der Waals surface area contributed by atoms with Crippen LogP contribution in [0.4, 0.5) is 11.4 Å². The maximum Gasteiger partial charge on any atom is 0.0411 e. The highest BCUT2D eigenvalue weighted by Gasteiger charge is 2.35. The summed E-state index contributed by atoms with van der Waals surface area (Å²) in [5.41, 5.74) is 12.9. The first kappa shape index (κ1) is 21.4. The third-order valence-electron chi connectivity index (χ3n) is 7.53. The van der Waals surface area contributed by atoms with Crippen LogP contribution >= 0.6 is 0 Å². The number of hydrogen-bond donors (Lipinski definition) is 0. The number of nitrogens with zero attached hydrogens (tertiary/aromatic N) is 1. The molecule has 0 atom stereocenters. The molecule has 0 amide bonds. The van der Waals surface area contributed by atoms with Crippen LogP contribution in [0.5, 0.6) is 0 Å². The SMILES string of the molecule is CN(c1ccc(-c2ccccc2-c2ccccc2)cc1)c1ccc2c(c1)C(C)(C)c1ccccc1-2. The Morgan fingerprint density at radius 2 is 0.971 bits per heavy atom. The Labute approximate surface area is 208 Å². The second-order valence-electron chi connectivity index (χ2n) is 9.92. The first-order chi connectivity index (χ1) is 17.0. The van der Waals surface area contributed by atoms with E-state index in [1.807, 2.05) is 0 Å². The molecule has 0 aliphatic heterocycles. The van der Waals surface area contributed by atoms with Gasteiger partial charge in [0.1, 0.15) is 0 Å². The molecule has 0 unspecified atom stereocenters. The fraction of sp³-hybridized carbons (Fsp3) is 0.118. The van der Waals surface area contributed by atoms with Crippen molar-refractivity contribution < 1.29 is 0 Å². The van der Waals surface area contributed by atoms with Crippen LogP contribution in [0.1, 0.15) is 25.0 Å². The molecule has 0 fully saturated rings. The topological polar surface area (TPSA) is 3.24 Å². The van der Waals surface area contributed by atoms with E-state index in [9.17, 15) is 0 Å². The van der Waals surface area contributed by atoms with Gasteiger partial charge in [0.25, 0.3) is 0 Å². The maximum atomic E-state index is 2.37. The van der Waals surface area contributed by atoms with Crippen LogP contribution in [-0.2, 0) is 5.41 Å². The van der Waals surface area contributed by atoms with Crippen molar-refractivity contribution in [1.29, 1.82) is 0 Å². The molecule has 0 aromatic heterocycles. The number of benzene rings is 5. The van der Waals surface area contributed by atoms with Gasteiger partial charge in [-0.3, -0.25) is 0 Å². The van der Waals surface area contributed by atoms with Gasteiger partial charge in [-0.2, -0.15) is 0 Å². The van der Waals surface area contributed by atoms with E-state index in [-0.39, 0.29) is 5.41 Å². The number of hydrogen-bond acceptors (Lipinski definition) is 1. The smallest absolute Gasteiger partial charge is 0.0411 e. The van der Waals surface area contributed by atoms with Crippen LogP contribution < -0.4 is 4.90 Å². The first-order valence-corrected chi connectivity index (χ1v) is 12.3. The Morgan fingerprint density at radius 3 is 1.66 bits per heavy atom. The van der Waals surface area contributed by atoms with Gasteiger partial charge in [-0.05, 0) is 68.8 Å². The van der Waals surface area contributed by atoms with Crippen molar-refractivity contribution in [2.45, 2.75) is 19.3 Å². The molecule has 6 rings (SSSR count). The van der Waals surface area contributed by atoms with E-state index in [4.69, 9.17) is 0 Å². The molecule has 0 N–H and O–H groups in total. The fourth-order valence-corrected chi connectivity index (χ4v) is 5.52. The number of anilines is 2. The van der Waals surface area contributed by atoms with Gasteiger partial charge >= 0.3 is 0 Å². The lowest BCUT2D eigenvalue weighted by molar-refractivity contribution is 0.660. The van der Waals surface area contributed by atoms with E-state index in [0.29, 0.717) is 0 Å². The second kappa shape index (κ2) is 8.29. The molecular formula is C34H29N. The molecule has 1 heteroatoms. The zero-order chi connectivity index (χ0) is 24.0. The summed E-state index contributed by atoms with van der Waals surface area (Å²) in [4.78, 5) is 2.28. The minimum Gasteiger partial charge on any atom is -0.345 e. The van der Waals surface area contributed by atoms with Crippen molar-refractivity contribution in [3.8, 4) is 33.4 Å². The zero-order valence-corrected chi connectivity index (χ0v) is 20.5. The molecule has 35 heavy (non-hydrogen) atoms. The lowest BCUT2D eigenvalue weighted by Gasteiger charge is -2.25. The third kappa shape index (κ3) is 3.56. The Hall–Kier alpha value is -4.10. The van der Waals surface area contributed by atoms with Crippen LogP contribution in [0.3, 0.4) is 0 Å². The van der Waals surface area contributed by atoms with Crippen molar-refractivity contribution in [3.63, 3.8) is 0 Å². The molecule has 0 saturated heterocycles. The predicted molar refractivity (Wildman–Crippen MR) is 149 cm³/mol. The molecule has 5 aromatic rings. The molecule has 0 radical (unpaired) electrons. The largest absolute Gasteiger partial charge is 0.345 e. The molecule has 1 aliphatic rings. The average molecular weight is 452 g/mol. The van der Waals surface area contributed by atoms with Crippen molar-refractivity contribution in [1.82, 2.24) is 0 Å². The van der Waals surface area contributed by atoms with Crippen molar-refractivity contribution in [3.05, 3.63) is 132 Å². The summed E-state index contributed by atoms with van der Waals surface area (Å²) in [6, 6.07) is 43.9. The molecular weight excluding hydrogens is 422 g/mol. The summed E-state index contributed by atoms with van der Waals surface area (Å²) < 4.78 is 0. The van der Waals surface area contributed by atoms with Crippen LogP contribution in [0, 0.1) is 0 Å². The molecule has 1 aliphatic carbocycles. The Bertz CT molecular complexity index is 1510. The number of fused-ring (bicyclic) bond motifs is 3. The molecule has 0 bridgehead atoms. The fourth-order valence-electron chi connectivity index (χ4n) is 5.52. The van der Waals surface area contributed by atoms with Crippen LogP contribution in [0.2, 0.25) is 0 Å². The van der Waals surface area contributed by atoms with Crippen LogP contribution in [0.15, 0.2) is 121 Å². The van der Waals surface area contributed by atoms with E-state index < -0.39 is 0 Å². The Balaban J connectivity index is 1.33. The molecule has 170 valence electrons. The zero-order valence-electron chi connectivity index (χ0n) is 20.5. The molecule has 0 spiro atoms. The lowest BCUT2D eigenvalue weighted by Crippen LogP contribution is -2.16. The number of rotatable bonds is 4. The van der Waals surface area contributed by atoms with Gasteiger partial charge in [0.05, 0.1) is 0 Å². The lowest BCUT2D eigenvalue weighted by atomic mass is 9.82. The van der Waals surface area contributed by atoms with Gasteiger partial charge < -0.3 is 4.90 Å². The molecule has 1 nitrogen and oxygen atoms in total. The standard InChI is InChI=1S/C34H29N/c1-34(2)32-16-10-9-15-30(32)31-22-21-27(23-33(31)34)35(3)26-19-17-25(18-20-26)29-14-8-7-13-28(29)24-11-5-4-6-12-24/h4-23H,1-3H3. The minimum absolute atomic E-state index is 0.00772.